The predicted octanol–water partition coefficient (Wildman–Crippen LogP) is 2.04. The van der Waals surface area contributed by atoms with Gasteiger partial charge in [-0.05, 0) is 19.1 Å². The van der Waals surface area contributed by atoms with Crippen LogP contribution in [0.1, 0.15) is 13.3 Å². The van der Waals surface area contributed by atoms with Crippen LogP contribution in [0.15, 0.2) is 30.3 Å². The SMILES string of the molecule is CCN(C)C(=O)N(CCC(=O)O)c1ccccc1. The van der Waals surface area contributed by atoms with Gasteiger partial charge in [-0.3, -0.25) is 9.69 Å². The van der Waals surface area contributed by atoms with E-state index in [1.165, 1.54) is 4.90 Å². The highest BCUT2D eigenvalue weighted by Gasteiger charge is 2.19. The van der Waals surface area contributed by atoms with E-state index in [1.807, 2.05) is 25.1 Å². The molecule has 1 aromatic rings. The maximum absolute atomic E-state index is 12.1. The number of carboxylic acids is 1. The molecule has 0 heterocycles. The summed E-state index contributed by atoms with van der Waals surface area (Å²) < 4.78 is 0. The number of nitrogens with zero attached hydrogens (tertiary/aromatic N) is 2. The molecule has 0 bridgehead atoms. The minimum atomic E-state index is -0.914. The van der Waals surface area contributed by atoms with Gasteiger partial charge in [-0.1, -0.05) is 18.2 Å². The molecule has 5 nitrogen and oxygen atoms in total. The zero-order valence-electron chi connectivity index (χ0n) is 10.7. The van der Waals surface area contributed by atoms with Gasteiger partial charge in [0, 0.05) is 25.8 Å². The summed E-state index contributed by atoms with van der Waals surface area (Å²) in [5, 5.41) is 8.74. The number of aliphatic carboxylic acids is 1. The normalized spacial score (nSPS) is 9.89. The summed E-state index contributed by atoms with van der Waals surface area (Å²) in [4.78, 5) is 25.8. The molecular weight excluding hydrogens is 232 g/mol. The summed E-state index contributed by atoms with van der Waals surface area (Å²) in [7, 11) is 1.69. The van der Waals surface area contributed by atoms with E-state index in [9.17, 15) is 9.59 Å². The quantitative estimate of drug-likeness (QED) is 0.869. The molecule has 0 unspecified atom stereocenters. The lowest BCUT2D eigenvalue weighted by atomic mass is 10.2. The van der Waals surface area contributed by atoms with Crippen LogP contribution in [0.4, 0.5) is 10.5 Å². The minimum Gasteiger partial charge on any atom is -0.481 e. The van der Waals surface area contributed by atoms with Gasteiger partial charge in [-0.15, -0.1) is 0 Å². The summed E-state index contributed by atoms with van der Waals surface area (Å²) in [5.74, 6) is -0.914. The first-order chi connectivity index (χ1) is 8.56. The third kappa shape index (κ3) is 3.76. The second kappa shape index (κ2) is 6.64. The number of carbonyl (C=O) groups is 2. The predicted molar refractivity (Wildman–Crippen MR) is 69.7 cm³/mol. The number of para-hydroxylation sites is 1. The molecule has 0 saturated carbocycles. The number of rotatable bonds is 5. The molecule has 1 rings (SSSR count). The molecular formula is C13H18N2O3. The molecule has 0 saturated heterocycles. The van der Waals surface area contributed by atoms with Gasteiger partial charge in [0.1, 0.15) is 0 Å². The van der Waals surface area contributed by atoms with Gasteiger partial charge in [0.2, 0.25) is 0 Å². The van der Waals surface area contributed by atoms with Gasteiger partial charge in [-0.25, -0.2) is 4.79 Å². The maximum Gasteiger partial charge on any atom is 0.324 e. The summed E-state index contributed by atoms with van der Waals surface area (Å²) in [6.45, 7) is 2.62. The third-order valence-corrected chi connectivity index (χ3v) is 2.65. The van der Waals surface area contributed by atoms with Crippen LogP contribution in [0, 0.1) is 0 Å². The second-order valence-electron chi connectivity index (χ2n) is 3.93. The lowest BCUT2D eigenvalue weighted by molar-refractivity contribution is -0.136. The van der Waals surface area contributed by atoms with Gasteiger partial charge in [0.05, 0.1) is 6.42 Å². The van der Waals surface area contributed by atoms with Crippen LogP contribution in [-0.4, -0.2) is 42.1 Å². The van der Waals surface area contributed by atoms with Gasteiger partial charge in [-0.2, -0.15) is 0 Å². The molecule has 98 valence electrons. The Bertz CT molecular complexity index is 406. The Morgan fingerprint density at radius 2 is 1.83 bits per heavy atom. The zero-order valence-corrected chi connectivity index (χ0v) is 10.7. The van der Waals surface area contributed by atoms with E-state index in [0.717, 1.165) is 0 Å². The molecule has 0 aromatic heterocycles. The Morgan fingerprint density at radius 3 is 2.33 bits per heavy atom. The Kier molecular flexibility index (Phi) is 5.17. The number of hydrogen-bond donors (Lipinski definition) is 1. The molecule has 0 atom stereocenters. The lowest BCUT2D eigenvalue weighted by Crippen LogP contribution is -2.42. The van der Waals surface area contributed by atoms with E-state index in [1.54, 1.807) is 24.1 Å². The van der Waals surface area contributed by atoms with Gasteiger partial charge in [0.25, 0.3) is 0 Å². The average molecular weight is 250 g/mol. The van der Waals surface area contributed by atoms with Crippen molar-refractivity contribution in [3.63, 3.8) is 0 Å². The van der Waals surface area contributed by atoms with Crippen molar-refractivity contribution in [1.29, 1.82) is 0 Å². The third-order valence-electron chi connectivity index (χ3n) is 2.65. The fraction of sp³-hybridized carbons (Fsp3) is 0.385. The Balaban J connectivity index is 2.88. The van der Waals surface area contributed by atoms with E-state index in [0.29, 0.717) is 12.2 Å². The van der Waals surface area contributed by atoms with E-state index < -0.39 is 5.97 Å². The van der Waals surface area contributed by atoms with Crippen LogP contribution in [0.3, 0.4) is 0 Å². The molecule has 5 heteroatoms. The van der Waals surface area contributed by atoms with E-state index in [4.69, 9.17) is 5.11 Å². The number of benzene rings is 1. The monoisotopic (exact) mass is 250 g/mol. The Morgan fingerprint density at radius 1 is 1.22 bits per heavy atom. The highest BCUT2D eigenvalue weighted by Crippen LogP contribution is 2.15. The number of carbonyl (C=O) groups excluding carboxylic acids is 1. The van der Waals surface area contributed by atoms with Crippen molar-refractivity contribution in [3.8, 4) is 0 Å². The molecule has 0 spiro atoms. The summed E-state index contributed by atoms with van der Waals surface area (Å²) in [6, 6.07) is 8.90. The lowest BCUT2D eigenvalue weighted by Gasteiger charge is -2.27. The first kappa shape index (κ1) is 14.0. The molecule has 1 N–H and O–H groups in total. The molecule has 0 radical (unpaired) electrons. The summed E-state index contributed by atoms with van der Waals surface area (Å²) in [5.41, 5.74) is 0.712. The maximum atomic E-state index is 12.1. The molecule has 1 aromatic carbocycles. The number of amides is 2. The largest absolute Gasteiger partial charge is 0.481 e. The van der Waals surface area contributed by atoms with Crippen LogP contribution in [0.25, 0.3) is 0 Å². The Hall–Kier alpha value is -2.04. The number of hydrogen-bond acceptors (Lipinski definition) is 2. The van der Waals surface area contributed by atoms with Crippen molar-refractivity contribution in [2.24, 2.45) is 0 Å². The molecule has 0 fully saturated rings. The van der Waals surface area contributed by atoms with Crippen molar-refractivity contribution in [3.05, 3.63) is 30.3 Å². The average Bonchev–Trinajstić information content (AvgIpc) is 2.38. The molecule has 0 aliphatic rings. The highest BCUT2D eigenvalue weighted by molar-refractivity contribution is 5.92. The number of anilines is 1. The molecule has 0 aliphatic carbocycles. The smallest absolute Gasteiger partial charge is 0.324 e. The standard InChI is InChI=1S/C13H18N2O3/c1-3-14(2)13(18)15(10-9-12(16)17)11-7-5-4-6-8-11/h4-8H,3,9-10H2,1-2H3,(H,16,17). The summed E-state index contributed by atoms with van der Waals surface area (Å²) in [6.07, 6.45) is -0.0712. The van der Waals surface area contributed by atoms with Crippen molar-refractivity contribution in [2.45, 2.75) is 13.3 Å². The van der Waals surface area contributed by atoms with Gasteiger partial charge in [0.15, 0.2) is 0 Å². The number of carboxylic acid groups (broad SMARTS) is 1. The molecule has 18 heavy (non-hydrogen) atoms. The van der Waals surface area contributed by atoms with Crippen LogP contribution >= 0.6 is 0 Å². The molecule has 2 amide bonds. The fourth-order valence-corrected chi connectivity index (χ4v) is 1.49. The first-order valence-electron chi connectivity index (χ1n) is 5.85. The van der Waals surface area contributed by atoms with E-state index in [2.05, 4.69) is 0 Å². The van der Waals surface area contributed by atoms with Crippen molar-refractivity contribution in [1.82, 2.24) is 4.90 Å². The first-order valence-corrected chi connectivity index (χ1v) is 5.85. The topological polar surface area (TPSA) is 60.9 Å². The van der Waals surface area contributed by atoms with Crippen LogP contribution in [-0.2, 0) is 4.79 Å². The van der Waals surface area contributed by atoms with Crippen molar-refractivity contribution in [2.75, 3.05) is 25.0 Å². The fourth-order valence-electron chi connectivity index (χ4n) is 1.49. The van der Waals surface area contributed by atoms with Crippen LogP contribution in [0.5, 0.6) is 0 Å². The van der Waals surface area contributed by atoms with Crippen molar-refractivity contribution < 1.29 is 14.7 Å². The highest BCUT2D eigenvalue weighted by atomic mass is 16.4. The van der Waals surface area contributed by atoms with Crippen LogP contribution < -0.4 is 4.90 Å². The van der Waals surface area contributed by atoms with Crippen molar-refractivity contribution >= 4 is 17.7 Å². The second-order valence-corrected chi connectivity index (χ2v) is 3.93. The van der Waals surface area contributed by atoms with Gasteiger partial charge < -0.3 is 10.0 Å². The summed E-state index contributed by atoms with van der Waals surface area (Å²) >= 11 is 0. The minimum absolute atomic E-state index is 0.0712. The van der Waals surface area contributed by atoms with E-state index >= 15 is 0 Å². The van der Waals surface area contributed by atoms with Crippen LogP contribution in [0.2, 0.25) is 0 Å². The van der Waals surface area contributed by atoms with Gasteiger partial charge >= 0.3 is 12.0 Å². The Labute approximate surface area is 107 Å². The zero-order chi connectivity index (χ0) is 13.5. The van der Waals surface area contributed by atoms with E-state index in [-0.39, 0.29) is 19.0 Å². The molecule has 0 aliphatic heterocycles. The number of urea groups is 1.